The van der Waals surface area contributed by atoms with Crippen LogP contribution in [0.15, 0.2) is 6.20 Å². The molecule has 0 unspecified atom stereocenters. The van der Waals surface area contributed by atoms with Gasteiger partial charge in [0.1, 0.15) is 0 Å². The van der Waals surface area contributed by atoms with Crippen molar-refractivity contribution in [1.29, 1.82) is 0 Å². The van der Waals surface area contributed by atoms with Crippen molar-refractivity contribution >= 4 is 0 Å². The van der Waals surface area contributed by atoms with Gasteiger partial charge in [0, 0.05) is 18.4 Å². The van der Waals surface area contributed by atoms with E-state index in [-0.39, 0.29) is 0 Å². The average Bonchev–Trinajstić information content (AvgIpc) is 2.26. The lowest BCUT2D eigenvalue weighted by Gasteiger charge is -2.14. The van der Waals surface area contributed by atoms with E-state index in [2.05, 4.69) is 28.8 Å². The second-order valence-corrected chi connectivity index (χ2v) is 3.61. The van der Waals surface area contributed by atoms with Crippen LogP contribution in [0.4, 0.5) is 0 Å². The van der Waals surface area contributed by atoms with E-state index in [9.17, 15) is 0 Å². The number of hydrogen-bond donors (Lipinski definition) is 0. The Morgan fingerprint density at radius 3 is 2.73 bits per heavy atom. The summed E-state index contributed by atoms with van der Waals surface area (Å²) < 4.78 is 4.96. The van der Waals surface area contributed by atoms with Gasteiger partial charge in [-0.05, 0) is 32.5 Å². The molecule has 0 saturated heterocycles. The molecule has 84 valence electrons. The zero-order chi connectivity index (χ0) is 11.3. The van der Waals surface area contributed by atoms with Crippen LogP contribution in [0.5, 0.6) is 6.01 Å². The summed E-state index contributed by atoms with van der Waals surface area (Å²) in [4.78, 5) is 10.6. The van der Waals surface area contributed by atoms with Crippen LogP contribution in [0.3, 0.4) is 0 Å². The summed E-state index contributed by atoms with van der Waals surface area (Å²) in [5.41, 5.74) is 2.20. The van der Waals surface area contributed by atoms with Crippen LogP contribution in [0.1, 0.15) is 18.2 Å². The third-order valence-electron chi connectivity index (χ3n) is 2.54. The predicted molar refractivity (Wildman–Crippen MR) is 60.2 cm³/mol. The standard InChI is InChI=1S/C11H19N3O/c1-5-14(3)7-6-10-8-12-11(15-4)13-9(10)2/h8H,5-7H2,1-4H3. The van der Waals surface area contributed by atoms with Crippen LogP contribution in [-0.2, 0) is 6.42 Å². The van der Waals surface area contributed by atoms with E-state index >= 15 is 0 Å². The van der Waals surface area contributed by atoms with E-state index in [4.69, 9.17) is 4.74 Å². The molecular weight excluding hydrogens is 190 g/mol. The number of likely N-dealkylation sites (N-methyl/N-ethyl adjacent to an activating group) is 1. The zero-order valence-electron chi connectivity index (χ0n) is 9.95. The second-order valence-electron chi connectivity index (χ2n) is 3.61. The smallest absolute Gasteiger partial charge is 0.316 e. The lowest BCUT2D eigenvalue weighted by Crippen LogP contribution is -2.20. The molecule has 0 atom stereocenters. The first-order chi connectivity index (χ1) is 7.17. The highest BCUT2D eigenvalue weighted by atomic mass is 16.5. The molecule has 4 heteroatoms. The average molecular weight is 209 g/mol. The van der Waals surface area contributed by atoms with E-state index in [0.29, 0.717) is 6.01 Å². The fourth-order valence-corrected chi connectivity index (χ4v) is 1.28. The third kappa shape index (κ3) is 3.47. The Morgan fingerprint density at radius 2 is 2.20 bits per heavy atom. The van der Waals surface area contributed by atoms with E-state index in [1.54, 1.807) is 7.11 Å². The SMILES string of the molecule is CCN(C)CCc1cnc(OC)nc1C. The third-order valence-corrected chi connectivity index (χ3v) is 2.54. The second kappa shape index (κ2) is 5.66. The Morgan fingerprint density at radius 1 is 1.47 bits per heavy atom. The monoisotopic (exact) mass is 209 g/mol. The number of aryl methyl sites for hydroxylation is 1. The minimum absolute atomic E-state index is 0.445. The maximum atomic E-state index is 4.96. The maximum absolute atomic E-state index is 4.96. The highest BCUT2D eigenvalue weighted by Crippen LogP contribution is 2.09. The minimum atomic E-state index is 0.445. The van der Waals surface area contributed by atoms with Gasteiger partial charge in [-0.1, -0.05) is 6.92 Å². The molecule has 0 N–H and O–H groups in total. The van der Waals surface area contributed by atoms with E-state index in [1.165, 1.54) is 5.56 Å². The quantitative estimate of drug-likeness (QED) is 0.732. The minimum Gasteiger partial charge on any atom is -0.467 e. The summed E-state index contributed by atoms with van der Waals surface area (Å²) in [5.74, 6) is 0. The number of methoxy groups -OCH3 is 1. The molecule has 0 aliphatic rings. The zero-order valence-corrected chi connectivity index (χ0v) is 9.95. The first kappa shape index (κ1) is 11.9. The van der Waals surface area contributed by atoms with Crippen molar-refractivity contribution < 1.29 is 4.74 Å². The summed E-state index contributed by atoms with van der Waals surface area (Å²) in [7, 11) is 3.69. The number of hydrogen-bond acceptors (Lipinski definition) is 4. The van der Waals surface area contributed by atoms with Gasteiger partial charge in [0.25, 0.3) is 0 Å². The molecule has 0 bridgehead atoms. The van der Waals surface area contributed by atoms with Crippen molar-refractivity contribution in [1.82, 2.24) is 14.9 Å². The van der Waals surface area contributed by atoms with Crippen molar-refractivity contribution in [3.63, 3.8) is 0 Å². The summed E-state index contributed by atoms with van der Waals surface area (Å²) in [6.45, 7) is 6.24. The van der Waals surface area contributed by atoms with Crippen molar-refractivity contribution in [2.45, 2.75) is 20.3 Å². The number of ether oxygens (including phenoxy) is 1. The fraction of sp³-hybridized carbons (Fsp3) is 0.636. The Hall–Kier alpha value is -1.16. The van der Waals surface area contributed by atoms with Crippen molar-refractivity contribution in [3.8, 4) is 6.01 Å². The van der Waals surface area contributed by atoms with Crippen LogP contribution in [0.2, 0.25) is 0 Å². The molecule has 0 saturated carbocycles. The van der Waals surface area contributed by atoms with E-state index < -0.39 is 0 Å². The molecule has 4 nitrogen and oxygen atoms in total. The first-order valence-electron chi connectivity index (χ1n) is 5.22. The predicted octanol–water partition coefficient (Wildman–Crippen LogP) is 1.29. The molecule has 0 amide bonds. The first-order valence-corrected chi connectivity index (χ1v) is 5.22. The molecule has 1 heterocycles. The van der Waals surface area contributed by atoms with Crippen LogP contribution in [-0.4, -0.2) is 42.1 Å². The van der Waals surface area contributed by atoms with Crippen molar-refractivity contribution in [2.75, 3.05) is 27.2 Å². The van der Waals surface area contributed by atoms with Crippen LogP contribution in [0.25, 0.3) is 0 Å². The molecule has 15 heavy (non-hydrogen) atoms. The van der Waals surface area contributed by atoms with Gasteiger partial charge in [-0.2, -0.15) is 0 Å². The van der Waals surface area contributed by atoms with E-state index in [1.807, 2.05) is 13.1 Å². The molecule has 0 aliphatic carbocycles. The van der Waals surface area contributed by atoms with Crippen molar-refractivity contribution in [2.24, 2.45) is 0 Å². The number of nitrogens with zero attached hydrogens (tertiary/aromatic N) is 3. The summed E-state index contributed by atoms with van der Waals surface area (Å²) in [6.07, 6.45) is 2.84. The number of rotatable bonds is 5. The van der Waals surface area contributed by atoms with Crippen LogP contribution < -0.4 is 4.74 Å². The van der Waals surface area contributed by atoms with Crippen molar-refractivity contribution in [3.05, 3.63) is 17.5 Å². The van der Waals surface area contributed by atoms with Gasteiger partial charge in [-0.15, -0.1) is 0 Å². The summed E-state index contributed by atoms with van der Waals surface area (Å²) in [5, 5.41) is 0. The Balaban J connectivity index is 2.62. The molecule has 1 rings (SSSR count). The highest BCUT2D eigenvalue weighted by Gasteiger charge is 2.04. The van der Waals surface area contributed by atoms with E-state index in [0.717, 1.165) is 25.2 Å². The molecule has 1 aromatic heterocycles. The van der Waals surface area contributed by atoms with Gasteiger partial charge < -0.3 is 9.64 Å². The molecule has 0 aliphatic heterocycles. The topological polar surface area (TPSA) is 38.2 Å². The summed E-state index contributed by atoms with van der Waals surface area (Å²) in [6, 6.07) is 0.445. The van der Waals surface area contributed by atoms with Gasteiger partial charge in [-0.3, -0.25) is 0 Å². The van der Waals surface area contributed by atoms with Crippen LogP contribution in [0, 0.1) is 6.92 Å². The summed E-state index contributed by atoms with van der Waals surface area (Å²) >= 11 is 0. The Bertz CT molecular complexity index is 315. The van der Waals surface area contributed by atoms with Gasteiger partial charge in [0.05, 0.1) is 7.11 Å². The molecule has 0 fully saturated rings. The molecule has 0 radical (unpaired) electrons. The molecule has 1 aromatic rings. The number of aromatic nitrogens is 2. The molecule has 0 aromatic carbocycles. The molecule has 0 spiro atoms. The van der Waals surface area contributed by atoms with Crippen LogP contribution >= 0.6 is 0 Å². The fourth-order valence-electron chi connectivity index (χ4n) is 1.28. The normalized spacial score (nSPS) is 10.7. The van der Waals surface area contributed by atoms with Gasteiger partial charge in [-0.25, -0.2) is 9.97 Å². The lowest BCUT2D eigenvalue weighted by atomic mass is 10.2. The Labute approximate surface area is 91.3 Å². The Kier molecular flexibility index (Phi) is 4.49. The van der Waals surface area contributed by atoms with Gasteiger partial charge in [0.2, 0.25) is 0 Å². The maximum Gasteiger partial charge on any atom is 0.316 e. The lowest BCUT2D eigenvalue weighted by molar-refractivity contribution is 0.355. The van der Waals surface area contributed by atoms with Gasteiger partial charge in [0.15, 0.2) is 0 Å². The molecular formula is C11H19N3O. The van der Waals surface area contributed by atoms with Gasteiger partial charge >= 0.3 is 6.01 Å². The highest BCUT2D eigenvalue weighted by molar-refractivity contribution is 5.18. The largest absolute Gasteiger partial charge is 0.467 e.